The van der Waals surface area contributed by atoms with Crippen molar-refractivity contribution in [1.29, 1.82) is 0 Å². The van der Waals surface area contributed by atoms with Gasteiger partial charge in [0.1, 0.15) is 16.6 Å². The molecule has 1 atom stereocenters. The van der Waals surface area contributed by atoms with E-state index < -0.39 is 6.04 Å². The molecule has 7 heteroatoms. The molecule has 1 N–H and O–H groups in total. The van der Waals surface area contributed by atoms with Crippen molar-refractivity contribution in [2.24, 2.45) is 0 Å². The Labute approximate surface area is 190 Å². The van der Waals surface area contributed by atoms with Crippen LogP contribution in [0.2, 0.25) is 0 Å². The summed E-state index contributed by atoms with van der Waals surface area (Å²) < 4.78 is 6.55. The molecular weight excluding hydrogens is 422 g/mol. The number of benzene rings is 2. The number of ether oxygens (including phenoxy) is 1. The number of nitrogens with one attached hydrogen (secondary N) is 1. The van der Waals surface area contributed by atoms with Crippen molar-refractivity contribution in [3.8, 4) is 16.9 Å². The van der Waals surface area contributed by atoms with Gasteiger partial charge in [-0.25, -0.2) is 4.98 Å². The lowest BCUT2D eigenvalue weighted by Crippen LogP contribution is -2.31. The maximum atomic E-state index is 13.5. The fourth-order valence-corrected chi connectivity index (χ4v) is 4.69. The molecule has 0 spiro atoms. The minimum absolute atomic E-state index is 0.218. The van der Waals surface area contributed by atoms with Gasteiger partial charge in [0.25, 0.3) is 5.56 Å². The number of carbonyl (C=O) groups excluding carboxylic acids is 1. The van der Waals surface area contributed by atoms with E-state index in [1.54, 1.807) is 38.3 Å². The van der Waals surface area contributed by atoms with Crippen LogP contribution >= 0.6 is 11.3 Å². The van der Waals surface area contributed by atoms with Crippen LogP contribution in [0.5, 0.6) is 5.75 Å². The molecule has 2 aromatic heterocycles. The number of aryl methyl sites for hydroxylation is 3. The molecule has 164 valence electrons. The van der Waals surface area contributed by atoms with Crippen molar-refractivity contribution in [2.75, 3.05) is 12.4 Å². The Morgan fingerprint density at radius 3 is 2.47 bits per heavy atom. The van der Waals surface area contributed by atoms with Gasteiger partial charge in [0, 0.05) is 16.1 Å². The number of hydrogen-bond acceptors (Lipinski definition) is 5. The highest BCUT2D eigenvalue weighted by atomic mass is 32.1. The number of thiophene rings is 1. The van der Waals surface area contributed by atoms with Crippen LogP contribution in [0.25, 0.3) is 21.3 Å². The fourth-order valence-electron chi connectivity index (χ4n) is 3.68. The summed E-state index contributed by atoms with van der Waals surface area (Å²) in [5.41, 5.74) is 4.66. The molecule has 0 aliphatic heterocycles. The molecule has 0 bridgehead atoms. The monoisotopic (exact) mass is 447 g/mol. The molecule has 1 unspecified atom stereocenters. The Morgan fingerprint density at radius 1 is 1.09 bits per heavy atom. The second-order valence-corrected chi connectivity index (χ2v) is 9.07. The number of amides is 1. The van der Waals surface area contributed by atoms with Gasteiger partial charge in [-0.1, -0.05) is 18.2 Å². The molecule has 0 aliphatic rings. The lowest BCUT2D eigenvalue weighted by atomic mass is 9.99. The highest BCUT2D eigenvalue weighted by Gasteiger charge is 2.22. The molecule has 1 amide bonds. The van der Waals surface area contributed by atoms with E-state index in [0.717, 1.165) is 21.6 Å². The number of anilines is 1. The Balaban J connectivity index is 1.73. The summed E-state index contributed by atoms with van der Waals surface area (Å²) >= 11 is 1.50. The molecule has 0 saturated carbocycles. The summed E-state index contributed by atoms with van der Waals surface area (Å²) in [6.45, 7) is 7.82. The number of carbonyl (C=O) groups is 1. The van der Waals surface area contributed by atoms with Crippen molar-refractivity contribution in [3.63, 3.8) is 0 Å². The molecule has 4 aromatic rings. The van der Waals surface area contributed by atoms with Gasteiger partial charge in [0.2, 0.25) is 5.91 Å². The van der Waals surface area contributed by atoms with Gasteiger partial charge in [0.15, 0.2) is 0 Å². The van der Waals surface area contributed by atoms with Crippen molar-refractivity contribution in [2.45, 2.75) is 33.7 Å². The molecule has 0 saturated heterocycles. The third-order valence-corrected chi connectivity index (χ3v) is 6.78. The van der Waals surface area contributed by atoms with Crippen LogP contribution in [0, 0.1) is 20.8 Å². The zero-order chi connectivity index (χ0) is 23.0. The minimum atomic E-state index is -0.727. The largest absolute Gasteiger partial charge is 0.497 e. The first kappa shape index (κ1) is 21.8. The van der Waals surface area contributed by atoms with Crippen LogP contribution in [0.4, 0.5) is 5.69 Å². The van der Waals surface area contributed by atoms with E-state index in [1.807, 2.05) is 13.0 Å². The zero-order valence-corrected chi connectivity index (χ0v) is 19.5. The summed E-state index contributed by atoms with van der Waals surface area (Å²) in [7, 11) is 1.59. The van der Waals surface area contributed by atoms with Gasteiger partial charge in [-0.2, -0.15) is 0 Å². The van der Waals surface area contributed by atoms with Gasteiger partial charge in [-0.15, -0.1) is 11.3 Å². The predicted molar refractivity (Wildman–Crippen MR) is 130 cm³/mol. The van der Waals surface area contributed by atoms with E-state index in [0.29, 0.717) is 21.7 Å². The molecule has 0 aliphatic carbocycles. The topological polar surface area (TPSA) is 73.2 Å². The summed E-state index contributed by atoms with van der Waals surface area (Å²) in [5.74, 6) is 0.409. The second-order valence-electron chi connectivity index (χ2n) is 7.86. The van der Waals surface area contributed by atoms with E-state index in [4.69, 9.17) is 4.74 Å². The van der Waals surface area contributed by atoms with Gasteiger partial charge >= 0.3 is 0 Å². The van der Waals surface area contributed by atoms with Gasteiger partial charge in [0.05, 0.1) is 18.8 Å². The molecule has 0 fully saturated rings. The number of rotatable bonds is 5. The van der Waals surface area contributed by atoms with E-state index in [1.165, 1.54) is 27.8 Å². The van der Waals surface area contributed by atoms with Crippen molar-refractivity contribution in [3.05, 3.63) is 75.1 Å². The summed E-state index contributed by atoms with van der Waals surface area (Å²) in [6.07, 6.45) is 1.46. The van der Waals surface area contributed by atoms with E-state index in [9.17, 15) is 9.59 Å². The van der Waals surface area contributed by atoms with Crippen LogP contribution in [0.1, 0.15) is 29.0 Å². The third kappa shape index (κ3) is 3.91. The van der Waals surface area contributed by atoms with Gasteiger partial charge in [-0.05, 0) is 68.7 Å². The van der Waals surface area contributed by atoms with Crippen LogP contribution in [-0.4, -0.2) is 22.6 Å². The molecule has 0 radical (unpaired) electrons. The summed E-state index contributed by atoms with van der Waals surface area (Å²) in [6, 6.07) is 12.5. The molecule has 4 rings (SSSR count). The van der Waals surface area contributed by atoms with Crippen molar-refractivity contribution >= 4 is 33.1 Å². The standard InChI is InChI=1S/C25H25N3O3S/c1-14-6-7-18(12-15(14)2)21-17(4)32-24-22(21)25(30)28(13-26-24)16(3)23(29)27-19-8-10-20(31-5)11-9-19/h6-13,16H,1-5H3,(H,27,29). The Hall–Kier alpha value is -3.45. The Bertz CT molecular complexity index is 1370. The number of fused-ring (bicyclic) bond motifs is 1. The summed E-state index contributed by atoms with van der Waals surface area (Å²) in [4.78, 5) is 32.6. The third-order valence-electron chi connectivity index (χ3n) is 5.76. The first-order chi connectivity index (χ1) is 15.3. The van der Waals surface area contributed by atoms with E-state index in [2.05, 4.69) is 36.3 Å². The number of hydrogen-bond donors (Lipinski definition) is 1. The molecular formula is C25H25N3O3S. The molecule has 32 heavy (non-hydrogen) atoms. The highest BCUT2D eigenvalue weighted by Crippen LogP contribution is 2.36. The lowest BCUT2D eigenvalue weighted by molar-refractivity contribution is -0.118. The number of aromatic nitrogens is 2. The summed E-state index contributed by atoms with van der Waals surface area (Å²) in [5, 5.41) is 3.41. The number of methoxy groups -OCH3 is 1. The highest BCUT2D eigenvalue weighted by molar-refractivity contribution is 7.19. The first-order valence-electron chi connectivity index (χ1n) is 10.3. The van der Waals surface area contributed by atoms with Gasteiger partial charge < -0.3 is 10.1 Å². The lowest BCUT2D eigenvalue weighted by Gasteiger charge is -2.15. The van der Waals surface area contributed by atoms with Crippen LogP contribution in [-0.2, 0) is 4.79 Å². The van der Waals surface area contributed by atoms with Crippen LogP contribution < -0.4 is 15.6 Å². The quantitative estimate of drug-likeness (QED) is 0.453. The predicted octanol–water partition coefficient (Wildman–Crippen LogP) is 5.26. The van der Waals surface area contributed by atoms with Crippen molar-refractivity contribution < 1.29 is 9.53 Å². The van der Waals surface area contributed by atoms with Gasteiger partial charge in [-0.3, -0.25) is 14.2 Å². The average Bonchev–Trinajstić information content (AvgIpc) is 3.12. The normalized spacial score (nSPS) is 12.0. The van der Waals surface area contributed by atoms with Crippen molar-refractivity contribution in [1.82, 2.24) is 9.55 Å². The second kappa shape index (κ2) is 8.59. The SMILES string of the molecule is COc1ccc(NC(=O)C(C)n2cnc3sc(C)c(-c4ccc(C)c(C)c4)c3c2=O)cc1. The van der Waals surface area contributed by atoms with Crippen LogP contribution in [0.15, 0.2) is 53.6 Å². The minimum Gasteiger partial charge on any atom is -0.497 e. The molecule has 6 nitrogen and oxygen atoms in total. The maximum Gasteiger partial charge on any atom is 0.263 e. The maximum absolute atomic E-state index is 13.5. The molecule has 2 aromatic carbocycles. The smallest absolute Gasteiger partial charge is 0.263 e. The zero-order valence-electron chi connectivity index (χ0n) is 18.7. The van der Waals surface area contributed by atoms with E-state index >= 15 is 0 Å². The fraction of sp³-hybridized carbons (Fsp3) is 0.240. The molecule has 2 heterocycles. The first-order valence-corrected chi connectivity index (χ1v) is 11.1. The van der Waals surface area contributed by atoms with E-state index in [-0.39, 0.29) is 11.5 Å². The van der Waals surface area contributed by atoms with Crippen LogP contribution in [0.3, 0.4) is 0 Å². The Kier molecular flexibility index (Phi) is 5.84. The number of nitrogens with zero attached hydrogens (tertiary/aromatic N) is 2. The average molecular weight is 448 g/mol. The Morgan fingerprint density at radius 2 is 1.81 bits per heavy atom.